The Hall–Kier alpha value is -2.58. The molecule has 2 aromatic rings. The van der Waals surface area contributed by atoms with Crippen molar-refractivity contribution in [2.75, 3.05) is 32.8 Å². The van der Waals surface area contributed by atoms with E-state index in [-0.39, 0.29) is 17.8 Å². The summed E-state index contributed by atoms with van der Waals surface area (Å²) in [6.07, 6.45) is 5.29. The number of nitrogens with one attached hydrogen (secondary N) is 1. The molecule has 0 radical (unpaired) electrons. The Labute approximate surface area is 181 Å². The summed E-state index contributed by atoms with van der Waals surface area (Å²) in [5.41, 5.74) is 1.27. The number of carboxylic acid groups (broad SMARTS) is 1. The summed E-state index contributed by atoms with van der Waals surface area (Å²) in [7, 11) is 0. The zero-order chi connectivity index (χ0) is 21.7. The third-order valence-electron chi connectivity index (χ3n) is 6.42. The van der Waals surface area contributed by atoms with Crippen LogP contribution in [0.15, 0.2) is 42.7 Å². The van der Waals surface area contributed by atoms with Gasteiger partial charge in [0.05, 0.1) is 25.4 Å². The van der Waals surface area contributed by atoms with Gasteiger partial charge in [0.2, 0.25) is 0 Å². The van der Waals surface area contributed by atoms with E-state index in [4.69, 9.17) is 9.84 Å². The van der Waals surface area contributed by atoms with Crippen LogP contribution in [0.2, 0.25) is 0 Å². The molecular formula is C23H29FN4O3. The molecule has 2 fully saturated rings. The Morgan fingerprint density at radius 1 is 1.23 bits per heavy atom. The molecule has 2 N–H and O–H groups in total. The van der Waals surface area contributed by atoms with Crippen molar-refractivity contribution in [3.8, 4) is 6.01 Å². The lowest BCUT2D eigenvalue weighted by Crippen LogP contribution is -2.49. The molecule has 2 atom stereocenters. The maximum absolute atomic E-state index is 13.1. The monoisotopic (exact) mass is 428 g/mol. The van der Waals surface area contributed by atoms with E-state index in [2.05, 4.69) is 44.5 Å². The van der Waals surface area contributed by atoms with Gasteiger partial charge in [-0.2, -0.15) is 0 Å². The van der Waals surface area contributed by atoms with E-state index in [9.17, 15) is 9.18 Å². The fraction of sp³-hybridized carbons (Fsp3) is 0.522. The van der Waals surface area contributed by atoms with Crippen LogP contribution in [0, 0.1) is 11.2 Å². The zero-order valence-corrected chi connectivity index (χ0v) is 17.5. The summed E-state index contributed by atoms with van der Waals surface area (Å²) in [6.45, 7) is 3.49. The van der Waals surface area contributed by atoms with E-state index >= 15 is 0 Å². The third-order valence-corrected chi connectivity index (χ3v) is 6.42. The second-order valence-electron chi connectivity index (χ2n) is 8.70. The number of halogens is 1. The first kappa shape index (κ1) is 21.6. The number of nitrogens with zero attached hydrogens (tertiary/aromatic N) is 3. The smallest absolute Gasteiger partial charge is 0.316 e. The van der Waals surface area contributed by atoms with Crippen molar-refractivity contribution in [2.45, 2.75) is 37.6 Å². The van der Waals surface area contributed by atoms with Crippen LogP contribution in [0.1, 0.15) is 37.2 Å². The number of likely N-dealkylation sites (tertiary alicyclic amines) is 1. The number of carbonyl (C=O) groups is 1. The summed E-state index contributed by atoms with van der Waals surface area (Å²) in [5.74, 6) is -0.706. The lowest BCUT2D eigenvalue weighted by atomic mass is 9.78. The molecule has 0 amide bonds. The van der Waals surface area contributed by atoms with E-state index in [0.29, 0.717) is 25.1 Å². The molecule has 8 heteroatoms. The highest BCUT2D eigenvalue weighted by Crippen LogP contribution is 2.42. The SMILES string of the molecule is O=C(O)CCN1CCC(CN[C@@H]2C[C@H]2c2ccccc2)(COc2ncc(F)cn2)CC1. The molecule has 166 valence electrons. The number of aromatic nitrogens is 2. The molecule has 0 bridgehead atoms. The Kier molecular flexibility index (Phi) is 6.77. The lowest BCUT2D eigenvalue weighted by molar-refractivity contribution is -0.137. The molecule has 2 heterocycles. The van der Waals surface area contributed by atoms with Crippen molar-refractivity contribution < 1.29 is 19.0 Å². The topological polar surface area (TPSA) is 87.6 Å². The van der Waals surface area contributed by atoms with Gasteiger partial charge in [0, 0.05) is 30.5 Å². The Morgan fingerprint density at radius 3 is 2.61 bits per heavy atom. The number of rotatable bonds is 10. The van der Waals surface area contributed by atoms with Gasteiger partial charge in [-0.05, 0) is 37.9 Å². The van der Waals surface area contributed by atoms with Crippen LogP contribution in [0.5, 0.6) is 6.01 Å². The predicted octanol–water partition coefficient (Wildman–Crippen LogP) is 2.70. The molecule has 1 aromatic heterocycles. The number of benzene rings is 1. The molecule has 2 aliphatic rings. The number of aliphatic carboxylic acids is 1. The summed E-state index contributed by atoms with van der Waals surface area (Å²) < 4.78 is 18.9. The van der Waals surface area contributed by atoms with Crippen LogP contribution in [0.3, 0.4) is 0 Å². The van der Waals surface area contributed by atoms with Gasteiger partial charge in [-0.25, -0.2) is 14.4 Å². The van der Waals surface area contributed by atoms with Crippen LogP contribution in [0.4, 0.5) is 4.39 Å². The molecule has 1 saturated carbocycles. The Morgan fingerprint density at radius 2 is 1.94 bits per heavy atom. The van der Waals surface area contributed by atoms with Crippen molar-refractivity contribution in [2.24, 2.45) is 5.41 Å². The van der Waals surface area contributed by atoms with Gasteiger partial charge in [-0.15, -0.1) is 0 Å². The highest BCUT2D eigenvalue weighted by atomic mass is 19.1. The van der Waals surface area contributed by atoms with Crippen LogP contribution in [0.25, 0.3) is 0 Å². The normalized spacial score (nSPS) is 22.7. The van der Waals surface area contributed by atoms with Crippen LogP contribution >= 0.6 is 0 Å². The zero-order valence-electron chi connectivity index (χ0n) is 17.5. The lowest BCUT2D eigenvalue weighted by Gasteiger charge is -2.41. The first-order valence-electron chi connectivity index (χ1n) is 10.9. The number of ether oxygens (including phenoxy) is 1. The third kappa shape index (κ3) is 5.98. The average Bonchev–Trinajstić information content (AvgIpc) is 3.57. The van der Waals surface area contributed by atoms with Crippen molar-refractivity contribution in [3.05, 3.63) is 54.1 Å². The highest BCUT2D eigenvalue weighted by Gasteiger charge is 2.42. The van der Waals surface area contributed by atoms with Gasteiger partial charge < -0.3 is 20.1 Å². The molecule has 1 aliphatic carbocycles. The van der Waals surface area contributed by atoms with Gasteiger partial charge in [0.25, 0.3) is 0 Å². The maximum atomic E-state index is 13.1. The number of hydrogen-bond donors (Lipinski definition) is 2. The van der Waals surface area contributed by atoms with Gasteiger partial charge in [0.1, 0.15) is 0 Å². The van der Waals surface area contributed by atoms with E-state index in [1.165, 1.54) is 5.56 Å². The highest BCUT2D eigenvalue weighted by molar-refractivity contribution is 5.66. The molecule has 1 aliphatic heterocycles. The van der Waals surface area contributed by atoms with Gasteiger partial charge in [0.15, 0.2) is 5.82 Å². The standard InChI is InChI=1S/C23H29FN4O3/c24-18-13-25-22(26-14-18)31-16-23(7-10-28(11-8-23)9-6-21(29)30)15-27-20-12-19(20)17-4-2-1-3-5-17/h1-5,13-14,19-20,27H,6-12,15-16H2,(H,29,30)/t19-,20+/m0/s1. The van der Waals surface area contributed by atoms with Crippen LogP contribution < -0.4 is 10.1 Å². The predicted molar refractivity (Wildman–Crippen MR) is 113 cm³/mol. The number of hydrogen-bond acceptors (Lipinski definition) is 6. The van der Waals surface area contributed by atoms with Crippen molar-refractivity contribution >= 4 is 5.97 Å². The molecule has 0 unspecified atom stereocenters. The molecular weight excluding hydrogens is 399 g/mol. The largest absolute Gasteiger partial charge is 0.481 e. The first-order valence-corrected chi connectivity index (χ1v) is 10.9. The minimum atomic E-state index is -0.768. The second kappa shape index (κ2) is 9.70. The molecule has 31 heavy (non-hydrogen) atoms. The quantitative estimate of drug-likeness (QED) is 0.602. The Balaban J connectivity index is 1.34. The first-order chi connectivity index (χ1) is 15.0. The van der Waals surface area contributed by atoms with Crippen LogP contribution in [-0.2, 0) is 4.79 Å². The summed E-state index contributed by atoms with van der Waals surface area (Å²) >= 11 is 0. The fourth-order valence-electron chi connectivity index (χ4n) is 4.31. The molecule has 4 rings (SSSR count). The summed E-state index contributed by atoms with van der Waals surface area (Å²) in [6, 6.07) is 11.2. The molecule has 1 aromatic carbocycles. The number of piperidine rings is 1. The second-order valence-corrected chi connectivity index (χ2v) is 8.70. The summed E-state index contributed by atoms with van der Waals surface area (Å²) in [5, 5.41) is 12.7. The minimum Gasteiger partial charge on any atom is -0.481 e. The maximum Gasteiger partial charge on any atom is 0.316 e. The van der Waals surface area contributed by atoms with E-state index < -0.39 is 11.8 Å². The average molecular weight is 429 g/mol. The van der Waals surface area contributed by atoms with E-state index in [0.717, 1.165) is 51.3 Å². The molecule has 7 nitrogen and oxygen atoms in total. The van der Waals surface area contributed by atoms with Gasteiger partial charge in [-0.1, -0.05) is 30.3 Å². The van der Waals surface area contributed by atoms with E-state index in [1.807, 2.05) is 6.07 Å². The fourth-order valence-corrected chi connectivity index (χ4v) is 4.31. The Bertz CT molecular complexity index is 857. The van der Waals surface area contributed by atoms with Crippen LogP contribution in [-0.4, -0.2) is 64.8 Å². The van der Waals surface area contributed by atoms with Crippen molar-refractivity contribution in [1.29, 1.82) is 0 Å². The van der Waals surface area contributed by atoms with Gasteiger partial charge >= 0.3 is 12.0 Å². The van der Waals surface area contributed by atoms with E-state index in [1.54, 1.807) is 0 Å². The van der Waals surface area contributed by atoms with Crippen molar-refractivity contribution in [1.82, 2.24) is 20.2 Å². The molecule has 0 spiro atoms. The van der Waals surface area contributed by atoms with Crippen molar-refractivity contribution in [3.63, 3.8) is 0 Å². The molecule has 1 saturated heterocycles. The van der Waals surface area contributed by atoms with Gasteiger partial charge in [-0.3, -0.25) is 4.79 Å². The number of carboxylic acids is 1. The summed E-state index contributed by atoms with van der Waals surface area (Å²) in [4.78, 5) is 20.9. The minimum absolute atomic E-state index is 0.0959.